The van der Waals surface area contributed by atoms with Crippen LogP contribution in [-0.4, -0.2) is 19.1 Å². The maximum absolute atomic E-state index is 14.5. The topological polar surface area (TPSA) is 45.6 Å². The van der Waals surface area contributed by atoms with Gasteiger partial charge in [-0.15, -0.1) is 0 Å². The zero-order valence-electron chi connectivity index (χ0n) is 15.9. The Morgan fingerprint density at radius 2 is 2.04 bits per heavy atom. The Kier molecular flexibility index (Phi) is 5.24. The maximum atomic E-state index is 14.5. The number of benzene rings is 2. The smallest absolute Gasteiger partial charge is 0.266 e. The number of nitrogens with one attached hydrogen (secondary N) is 2. The molecule has 2 N–H and O–H groups in total. The van der Waals surface area contributed by atoms with Crippen LogP contribution in [-0.2, 0) is 0 Å². The van der Waals surface area contributed by atoms with Crippen LogP contribution in [0, 0.1) is 5.82 Å². The standard InChI is InChI=1S/C19H19BrF3N3O/c1-9(11-5-4-6-12(17(11)21)18(22)23)24-19-13-7-16(27-3)14(20)8-15(13)25-10(2)26-19/h4-10,18,25H,1-3H3,(H,24,26)/t9?,10-/m1/s1/i/hD. The van der Waals surface area contributed by atoms with Crippen LogP contribution in [0.25, 0.3) is 0 Å². The number of hydrogen-bond acceptors (Lipinski definition) is 4. The lowest BCUT2D eigenvalue weighted by Gasteiger charge is -2.27. The molecule has 2 atom stereocenters. The quantitative estimate of drug-likeness (QED) is 0.665. The fourth-order valence-corrected chi connectivity index (χ4v) is 3.44. The van der Waals surface area contributed by atoms with E-state index < -0.39 is 30.0 Å². The molecule has 2 aromatic carbocycles. The Labute approximate surface area is 165 Å². The minimum absolute atomic E-state index is 0.118. The Hall–Kier alpha value is -2.22. The van der Waals surface area contributed by atoms with Crippen molar-refractivity contribution in [3.05, 3.63) is 57.3 Å². The molecular formula is C19H19BrF3N3O. The number of amidine groups is 1. The predicted octanol–water partition coefficient (Wildman–Crippen LogP) is 5.40. The van der Waals surface area contributed by atoms with Gasteiger partial charge in [-0.2, -0.15) is 0 Å². The lowest BCUT2D eigenvalue weighted by Crippen LogP contribution is -2.34. The number of aliphatic imine (C=N–C) groups is 1. The van der Waals surface area contributed by atoms with Gasteiger partial charge in [-0.3, -0.25) is 0 Å². The summed E-state index contributed by atoms with van der Waals surface area (Å²) in [6.07, 6.45) is -3.38. The highest BCUT2D eigenvalue weighted by atomic mass is 79.9. The van der Waals surface area contributed by atoms with Gasteiger partial charge in [0.15, 0.2) is 1.41 Å². The summed E-state index contributed by atoms with van der Waals surface area (Å²) in [6, 6.07) is 6.79. The number of ether oxygens (including phenoxy) is 1. The molecular weight excluding hydrogens is 423 g/mol. The van der Waals surface area contributed by atoms with Gasteiger partial charge in [0.1, 0.15) is 23.6 Å². The second kappa shape index (κ2) is 7.80. The van der Waals surface area contributed by atoms with Gasteiger partial charge in [0.25, 0.3) is 6.43 Å². The van der Waals surface area contributed by atoms with Crippen molar-refractivity contribution >= 4 is 27.5 Å². The molecule has 2 aromatic rings. The zero-order chi connectivity index (χ0) is 20.6. The average molecular weight is 443 g/mol. The molecule has 1 heterocycles. The van der Waals surface area contributed by atoms with E-state index in [-0.39, 0.29) is 5.56 Å². The molecule has 0 bridgehead atoms. The number of rotatable bonds is 4. The van der Waals surface area contributed by atoms with Crippen LogP contribution in [0.5, 0.6) is 5.75 Å². The summed E-state index contributed by atoms with van der Waals surface area (Å²) in [5.74, 6) is 0.0542. The van der Waals surface area contributed by atoms with Gasteiger partial charge >= 0.3 is 0 Å². The van der Waals surface area contributed by atoms with Crippen molar-refractivity contribution in [2.45, 2.75) is 32.5 Å². The summed E-state index contributed by atoms with van der Waals surface area (Å²) in [5.41, 5.74) is 0.678. The highest BCUT2D eigenvalue weighted by Crippen LogP contribution is 2.34. The van der Waals surface area contributed by atoms with E-state index in [4.69, 9.17) is 6.15 Å². The molecule has 0 radical (unpaired) electrons. The molecule has 1 aliphatic heterocycles. The number of hydrogen-bond donors (Lipinski definition) is 2. The Morgan fingerprint density at radius 1 is 1.33 bits per heavy atom. The second-order valence-corrected chi connectivity index (χ2v) is 7.01. The van der Waals surface area contributed by atoms with Crippen LogP contribution in [0.1, 0.15) is 43.0 Å². The van der Waals surface area contributed by atoms with Gasteiger partial charge in [0.05, 0.1) is 23.2 Å². The van der Waals surface area contributed by atoms with E-state index in [0.29, 0.717) is 27.3 Å². The molecule has 144 valence electrons. The van der Waals surface area contributed by atoms with Crippen LogP contribution >= 0.6 is 15.9 Å². The lowest BCUT2D eigenvalue weighted by atomic mass is 10.0. The molecule has 0 saturated carbocycles. The first kappa shape index (κ1) is 18.2. The molecule has 27 heavy (non-hydrogen) atoms. The Bertz CT molecular complexity index is 926. The number of alkyl halides is 2. The van der Waals surface area contributed by atoms with Crippen molar-refractivity contribution in [3.63, 3.8) is 0 Å². The van der Waals surface area contributed by atoms with Crippen molar-refractivity contribution in [2.24, 2.45) is 4.99 Å². The van der Waals surface area contributed by atoms with Gasteiger partial charge < -0.3 is 15.4 Å². The van der Waals surface area contributed by atoms with Gasteiger partial charge in [0, 0.05) is 16.8 Å². The molecule has 0 saturated heterocycles. The van der Waals surface area contributed by atoms with Crippen LogP contribution in [0.2, 0.25) is 1.41 Å². The van der Waals surface area contributed by atoms with Crippen LogP contribution < -0.4 is 15.4 Å². The van der Waals surface area contributed by atoms with Crippen molar-refractivity contribution in [1.82, 2.24) is 5.32 Å². The normalized spacial score (nSPS) is 17.9. The molecule has 0 fully saturated rings. The van der Waals surface area contributed by atoms with Gasteiger partial charge in [-0.25, -0.2) is 18.2 Å². The fourth-order valence-electron chi connectivity index (χ4n) is 2.95. The van der Waals surface area contributed by atoms with E-state index in [9.17, 15) is 13.2 Å². The molecule has 0 amide bonds. The number of halogens is 4. The van der Waals surface area contributed by atoms with Crippen LogP contribution in [0.4, 0.5) is 18.9 Å². The fraction of sp³-hybridized carbons (Fsp3) is 0.316. The molecule has 4 nitrogen and oxygen atoms in total. The number of anilines is 1. The van der Waals surface area contributed by atoms with E-state index in [1.54, 1.807) is 26.0 Å². The van der Waals surface area contributed by atoms with Gasteiger partial charge in [-0.1, -0.05) is 18.2 Å². The molecule has 8 heteroatoms. The molecule has 1 unspecified atom stereocenters. The van der Waals surface area contributed by atoms with E-state index in [0.717, 1.165) is 6.07 Å². The predicted molar refractivity (Wildman–Crippen MR) is 103 cm³/mol. The molecule has 0 aliphatic carbocycles. The maximum Gasteiger partial charge on any atom is 0.266 e. The lowest BCUT2D eigenvalue weighted by molar-refractivity contribution is 0.146. The van der Waals surface area contributed by atoms with Crippen molar-refractivity contribution in [3.8, 4) is 5.75 Å². The average Bonchev–Trinajstić information content (AvgIpc) is 2.65. The van der Waals surface area contributed by atoms with E-state index in [2.05, 4.69) is 26.2 Å². The molecule has 3 rings (SSSR count). The van der Waals surface area contributed by atoms with Crippen molar-refractivity contribution in [1.29, 1.82) is 0 Å². The number of nitrogens with zero attached hydrogens (tertiary/aromatic N) is 1. The van der Waals surface area contributed by atoms with Gasteiger partial charge in [0.2, 0.25) is 0 Å². The third-order valence-electron chi connectivity index (χ3n) is 4.28. The van der Waals surface area contributed by atoms with Crippen LogP contribution in [0.3, 0.4) is 0 Å². The number of methoxy groups -OCH3 is 1. The highest BCUT2D eigenvalue weighted by molar-refractivity contribution is 9.10. The minimum atomic E-state index is -2.89. The largest absolute Gasteiger partial charge is 0.496 e. The summed E-state index contributed by atoms with van der Waals surface area (Å²) in [7, 11) is 1.52. The first-order chi connectivity index (χ1) is 13.2. The van der Waals surface area contributed by atoms with Gasteiger partial charge in [-0.05, 0) is 41.9 Å². The van der Waals surface area contributed by atoms with Crippen LogP contribution in [0.15, 0.2) is 39.8 Å². The monoisotopic (exact) mass is 442 g/mol. The zero-order valence-corrected chi connectivity index (χ0v) is 16.5. The molecule has 0 spiro atoms. The van der Waals surface area contributed by atoms with E-state index in [1.165, 1.54) is 24.6 Å². The molecule has 0 aromatic heterocycles. The first-order valence-electron chi connectivity index (χ1n) is 8.76. The first-order valence-corrected chi connectivity index (χ1v) is 9.10. The van der Waals surface area contributed by atoms with E-state index in [1.807, 2.05) is 0 Å². The SMILES string of the molecule is [2H]N1c2cc(Br)c(OC)cc2C(NC(C)c2cccc(C(F)F)c2F)=N[C@@H]1C. The Morgan fingerprint density at radius 3 is 2.70 bits per heavy atom. The third-order valence-corrected chi connectivity index (χ3v) is 4.90. The summed E-state index contributed by atoms with van der Waals surface area (Å²) in [4.78, 5) is 4.46. The number of fused-ring (bicyclic) bond motifs is 1. The molecule has 1 aliphatic rings. The second-order valence-electron chi connectivity index (χ2n) is 6.16. The van der Waals surface area contributed by atoms with E-state index >= 15 is 0 Å². The summed E-state index contributed by atoms with van der Waals surface area (Å²) >= 11 is 3.41. The highest BCUT2D eigenvalue weighted by Gasteiger charge is 2.24. The van der Waals surface area contributed by atoms with Crippen molar-refractivity contribution < 1.29 is 19.3 Å². The third kappa shape index (κ3) is 3.90. The Balaban J connectivity index is 1.99. The van der Waals surface area contributed by atoms with Crippen molar-refractivity contribution in [2.75, 3.05) is 12.4 Å². The minimum Gasteiger partial charge on any atom is -0.496 e. The summed E-state index contributed by atoms with van der Waals surface area (Å²) < 4.78 is 54.8. The summed E-state index contributed by atoms with van der Waals surface area (Å²) in [6.45, 7) is 3.42. The summed E-state index contributed by atoms with van der Waals surface area (Å²) in [5, 5.41) is 4.36.